The van der Waals surface area contributed by atoms with Crippen LogP contribution in [0.3, 0.4) is 0 Å². The van der Waals surface area contributed by atoms with Crippen LogP contribution in [0.2, 0.25) is 0 Å². The summed E-state index contributed by atoms with van der Waals surface area (Å²) in [5.74, 6) is -0.189. The van der Waals surface area contributed by atoms with E-state index in [0.717, 1.165) is 51.4 Å². The van der Waals surface area contributed by atoms with E-state index in [9.17, 15) is 30.3 Å². The molecule has 0 aliphatic carbocycles. The molecule has 9 heteroatoms. The molecule has 7 unspecified atom stereocenters. The second kappa shape index (κ2) is 41.4. The number of ether oxygens (including phenoxy) is 2. The first-order chi connectivity index (χ1) is 29.3. The summed E-state index contributed by atoms with van der Waals surface area (Å²) in [6.45, 7) is 3.71. The summed E-state index contributed by atoms with van der Waals surface area (Å²) in [5.41, 5.74) is 0. The highest BCUT2D eigenvalue weighted by atomic mass is 16.7. The molecule has 60 heavy (non-hydrogen) atoms. The molecule has 1 rings (SSSR count). The van der Waals surface area contributed by atoms with Gasteiger partial charge in [0.2, 0.25) is 5.91 Å². The van der Waals surface area contributed by atoms with Crippen LogP contribution in [0.5, 0.6) is 0 Å². The Kier molecular flexibility index (Phi) is 39.0. The molecule has 352 valence electrons. The Morgan fingerprint density at radius 2 is 0.950 bits per heavy atom. The highest BCUT2D eigenvalue weighted by Gasteiger charge is 2.44. The van der Waals surface area contributed by atoms with Gasteiger partial charge in [0.1, 0.15) is 24.4 Å². The summed E-state index contributed by atoms with van der Waals surface area (Å²) in [6, 6.07) is -0.824. The van der Waals surface area contributed by atoms with Crippen LogP contribution in [0, 0.1) is 0 Å². The Labute approximate surface area is 368 Å². The van der Waals surface area contributed by atoms with E-state index in [4.69, 9.17) is 9.47 Å². The van der Waals surface area contributed by atoms with Crippen LogP contribution in [-0.4, -0.2) is 87.5 Å². The first-order valence-corrected chi connectivity index (χ1v) is 25.2. The van der Waals surface area contributed by atoms with Crippen molar-refractivity contribution in [2.24, 2.45) is 0 Å². The summed E-state index contributed by atoms with van der Waals surface area (Å²) in [4.78, 5) is 13.0. The fraction of sp³-hybridized carbons (Fsp3) is 0.863. The van der Waals surface area contributed by atoms with E-state index in [1.54, 1.807) is 6.08 Å². The van der Waals surface area contributed by atoms with Gasteiger partial charge in [0.25, 0.3) is 0 Å². The van der Waals surface area contributed by atoms with Gasteiger partial charge in [-0.05, 0) is 38.5 Å². The number of hydrogen-bond acceptors (Lipinski definition) is 8. The first-order valence-electron chi connectivity index (χ1n) is 25.2. The standard InChI is InChI=1S/C51H95NO8/c1-3-5-7-9-11-13-15-17-18-19-20-21-22-23-24-25-26-27-28-29-31-33-35-37-39-41-47(55)52-44(43-59-51-50(58)49(57)48(56)46(42-53)60-51)45(54)40-38-36-34-32-30-16-14-12-10-8-6-4-2/h10,12,30,32,38,40,44-46,48-51,53-54,56-58H,3-9,11,13-29,31,33-37,39,41-43H2,1-2H3,(H,52,55)/b12-10+,32-30+,40-38+. The van der Waals surface area contributed by atoms with E-state index in [1.807, 2.05) is 6.08 Å². The van der Waals surface area contributed by atoms with Crippen molar-refractivity contribution in [2.75, 3.05) is 13.2 Å². The number of allylic oxidation sites excluding steroid dienone is 5. The second-order valence-electron chi connectivity index (χ2n) is 17.6. The van der Waals surface area contributed by atoms with E-state index >= 15 is 0 Å². The van der Waals surface area contributed by atoms with Crippen molar-refractivity contribution in [3.63, 3.8) is 0 Å². The van der Waals surface area contributed by atoms with Crippen molar-refractivity contribution in [2.45, 2.75) is 269 Å². The van der Waals surface area contributed by atoms with Gasteiger partial charge < -0.3 is 40.3 Å². The molecule has 0 aromatic heterocycles. The highest BCUT2D eigenvalue weighted by molar-refractivity contribution is 5.76. The molecule has 9 nitrogen and oxygen atoms in total. The Morgan fingerprint density at radius 3 is 1.38 bits per heavy atom. The summed E-state index contributed by atoms with van der Waals surface area (Å²) >= 11 is 0. The van der Waals surface area contributed by atoms with Gasteiger partial charge in [-0.15, -0.1) is 0 Å². The number of nitrogens with one attached hydrogen (secondary N) is 1. The maximum absolute atomic E-state index is 13.0. The predicted molar refractivity (Wildman–Crippen MR) is 249 cm³/mol. The van der Waals surface area contributed by atoms with E-state index in [2.05, 4.69) is 43.5 Å². The number of aliphatic hydroxyl groups is 5. The zero-order valence-electron chi connectivity index (χ0n) is 38.7. The van der Waals surface area contributed by atoms with Crippen LogP contribution < -0.4 is 5.32 Å². The molecule has 1 heterocycles. The number of rotatable bonds is 42. The van der Waals surface area contributed by atoms with Crippen molar-refractivity contribution < 1.29 is 39.8 Å². The van der Waals surface area contributed by atoms with Crippen molar-refractivity contribution in [1.82, 2.24) is 5.32 Å². The van der Waals surface area contributed by atoms with Gasteiger partial charge in [-0.25, -0.2) is 0 Å². The van der Waals surface area contributed by atoms with Gasteiger partial charge in [0.05, 0.1) is 25.4 Å². The van der Waals surface area contributed by atoms with Gasteiger partial charge in [-0.1, -0.05) is 217 Å². The van der Waals surface area contributed by atoms with Crippen LogP contribution >= 0.6 is 0 Å². The number of aliphatic hydroxyl groups excluding tert-OH is 5. The molecule has 7 atom stereocenters. The number of carbonyl (C=O) groups is 1. The Hall–Kier alpha value is -1.59. The van der Waals surface area contributed by atoms with Crippen molar-refractivity contribution in [3.05, 3.63) is 36.5 Å². The number of unbranched alkanes of at least 4 members (excludes halogenated alkanes) is 28. The Balaban J connectivity index is 2.22. The zero-order chi connectivity index (χ0) is 43.7. The maximum atomic E-state index is 13.0. The quantitative estimate of drug-likeness (QED) is 0.0263. The fourth-order valence-electron chi connectivity index (χ4n) is 7.88. The topological polar surface area (TPSA) is 149 Å². The molecule has 1 aliphatic heterocycles. The molecular weight excluding hydrogens is 755 g/mol. The van der Waals surface area contributed by atoms with Gasteiger partial charge >= 0.3 is 0 Å². The fourth-order valence-corrected chi connectivity index (χ4v) is 7.88. The number of hydrogen-bond donors (Lipinski definition) is 6. The highest BCUT2D eigenvalue weighted by Crippen LogP contribution is 2.23. The molecule has 6 N–H and O–H groups in total. The van der Waals surface area contributed by atoms with E-state index < -0.39 is 49.5 Å². The van der Waals surface area contributed by atoms with Crippen molar-refractivity contribution in [1.29, 1.82) is 0 Å². The Morgan fingerprint density at radius 1 is 0.550 bits per heavy atom. The first kappa shape index (κ1) is 56.4. The third-order valence-electron chi connectivity index (χ3n) is 11.9. The summed E-state index contributed by atoms with van der Waals surface area (Å²) < 4.78 is 11.2. The molecule has 1 aliphatic rings. The van der Waals surface area contributed by atoms with Crippen LogP contribution in [0.4, 0.5) is 0 Å². The van der Waals surface area contributed by atoms with Crippen molar-refractivity contribution >= 4 is 5.91 Å². The Bertz CT molecular complexity index is 1030. The van der Waals surface area contributed by atoms with Crippen LogP contribution in [0.25, 0.3) is 0 Å². The second-order valence-corrected chi connectivity index (χ2v) is 17.6. The smallest absolute Gasteiger partial charge is 0.220 e. The number of amides is 1. The molecule has 0 bridgehead atoms. The third-order valence-corrected chi connectivity index (χ3v) is 11.9. The lowest BCUT2D eigenvalue weighted by Gasteiger charge is -2.40. The normalized spacial score (nSPS) is 20.8. The van der Waals surface area contributed by atoms with Crippen molar-refractivity contribution in [3.8, 4) is 0 Å². The SMILES string of the molecule is CCCC/C=C/CC/C=C/CC/C=C/C(O)C(COC1OC(CO)C(O)C(O)C1O)NC(=O)CCCCCCCCCCCCCCCCCCCCCCCCCCC. The molecule has 0 spiro atoms. The van der Waals surface area contributed by atoms with E-state index in [-0.39, 0.29) is 12.5 Å². The van der Waals surface area contributed by atoms with Crippen LogP contribution in [-0.2, 0) is 14.3 Å². The summed E-state index contributed by atoms with van der Waals surface area (Å²) in [6.07, 6.45) is 45.0. The van der Waals surface area contributed by atoms with Gasteiger partial charge in [-0.2, -0.15) is 0 Å². The molecule has 1 fully saturated rings. The predicted octanol–water partition coefficient (Wildman–Crippen LogP) is 11.2. The molecule has 0 saturated carbocycles. The molecule has 0 aromatic rings. The third kappa shape index (κ3) is 31.3. The van der Waals surface area contributed by atoms with Gasteiger partial charge in [0.15, 0.2) is 6.29 Å². The zero-order valence-corrected chi connectivity index (χ0v) is 38.7. The monoisotopic (exact) mass is 850 g/mol. The van der Waals surface area contributed by atoms with Gasteiger partial charge in [0, 0.05) is 6.42 Å². The molecule has 1 amide bonds. The number of carbonyl (C=O) groups excluding carboxylic acids is 1. The largest absolute Gasteiger partial charge is 0.394 e. The minimum atomic E-state index is -1.57. The minimum absolute atomic E-state index is 0.189. The maximum Gasteiger partial charge on any atom is 0.220 e. The van der Waals surface area contributed by atoms with Gasteiger partial charge in [-0.3, -0.25) is 4.79 Å². The van der Waals surface area contributed by atoms with E-state index in [1.165, 1.54) is 154 Å². The summed E-state index contributed by atoms with van der Waals surface area (Å²) in [7, 11) is 0. The lowest BCUT2D eigenvalue weighted by molar-refractivity contribution is -0.302. The molecule has 0 radical (unpaired) electrons. The average molecular weight is 850 g/mol. The van der Waals surface area contributed by atoms with E-state index in [0.29, 0.717) is 6.42 Å². The molecule has 0 aromatic carbocycles. The average Bonchev–Trinajstić information content (AvgIpc) is 3.25. The van der Waals surface area contributed by atoms with Crippen LogP contribution in [0.15, 0.2) is 36.5 Å². The lowest BCUT2D eigenvalue weighted by atomic mass is 9.99. The lowest BCUT2D eigenvalue weighted by Crippen LogP contribution is -2.60. The minimum Gasteiger partial charge on any atom is -0.394 e. The van der Waals surface area contributed by atoms with Crippen LogP contribution in [0.1, 0.15) is 226 Å². The molecular formula is C51H95NO8. The molecule has 1 saturated heterocycles. The summed E-state index contributed by atoms with van der Waals surface area (Å²) in [5, 5.41) is 54.2.